The summed E-state index contributed by atoms with van der Waals surface area (Å²) in [6, 6.07) is 3.48. The van der Waals surface area contributed by atoms with Crippen LogP contribution in [0.3, 0.4) is 0 Å². The Morgan fingerprint density at radius 1 is 1.53 bits per heavy atom. The van der Waals surface area contributed by atoms with Crippen molar-refractivity contribution in [2.75, 3.05) is 5.73 Å². The second-order valence-electron chi connectivity index (χ2n) is 5.18. The van der Waals surface area contributed by atoms with Crippen molar-refractivity contribution in [1.82, 2.24) is 10.3 Å². The van der Waals surface area contributed by atoms with Crippen molar-refractivity contribution in [1.29, 1.82) is 0 Å². The molecule has 2 heterocycles. The Morgan fingerprint density at radius 3 is 2.89 bits per heavy atom. The SMILES string of the molecule is CC(C)(C)OC(=O)NCc1cc2c(N)nccc2o1. The van der Waals surface area contributed by atoms with Gasteiger partial charge in [0.1, 0.15) is 22.8 Å². The third-order valence-corrected chi connectivity index (χ3v) is 2.33. The van der Waals surface area contributed by atoms with Gasteiger partial charge in [-0.15, -0.1) is 0 Å². The van der Waals surface area contributed by atoms with Crippen LogP contribution in [0.1, 0.15) is 26.5 Å². The van der Waals surface area contributed by atoms with E-state index in [0.717, 1.165) is 5.39 Å². The van der Waals surface area contributed by atoms with Crippen molar-refractivity contribution in [3.05, 3.63) is 24.1 Å². The smallest absolute Gasteiger partial charge is 0.408 e. The first kappa shape index (κ1) is 13.2. The number of carbonyl (C=O) groups excluding carboxylic acids is 1. The van der Waals surface area contributed by atoms with Crippen LogP contribution >= 0.6 is 0 Å². The van der Waals surface area contributed by atoms with E-state index in [-0.39, 0.29) is 6.54 Å². The number of ether oxygens (including phenoxy) is 1. The molecule has 0 aromatic carbocycles. The number of hydrogen-bond acceptors (Lipinski definition) is 5. The van der Waals surface area contributed by atoms with Crippen LogP contribution in [0.15, 0.2) is 22.7 Å². The standard InChI is InChI=1S/C13H17N3O3/c1-13(2,3)19-12(17)16-7-8-6-9-10(18-8)4-5-15-11(9)14/h4-6H,7H2,1-3H3,(H2,14,15)(H,16,17). The molecular formula is C13H17N3O3. The van der Waals surface area contributed by atoms with E-state index < -0.39 is 11.7 Å². The second-order valence-corrected chi connectivity index (χ2v) is 5.18. The van der Waals surface area contributed by atoms with Crippen molar-refractivity contribution >= 4 is 22.9 Å². The Morgan fingerprint density at radius 2 is 2.26 bits per heavy atom. The molecule has 2 rings (SSSR count). The molecule has 0 aliphatic heterocycles. The minimum atomic E-state index is -0.522. The fourth-order valence-electron chi connectivity index (χ4n) is 1.60. The number of aromatic nitrogens is 1. The molecule has 0 fully saturated rings. The lowest BCUT2D eigenvalue weighted by molar-refractivity contribution is 0.0520. The monoisotopic (exact) mass is 263 g/mol. The number of furan rings is 1. The average molecular weight is 263 g/mol. The zero-order valence-corrected chi connectivity index (χ0v) is 11.2. The number of nitrogen functional groups attached to an aromatic ring is 1. The zero-order valence-electron chi connectivity index (χ0n) is 11.2. The van der Waals surface area contributed by atoms with Crippen LogP contribution in [0.4, 0.5) is 10.6 Å². The van der Waals surface area contributed by atoms with Crippen LogP contribution in [-0.4, -0.2) is 16.7 Å². The molecule has 0 unspecified atom stereocenters. The van der Waals surface area contributed by atoms with Gasteiger partial charge in [0.05, 0.1) is 11.9 Å². The van der Waals surface area contributed by atoms with Crippen molar-refractivity contribution in [2.45, 2.75) is 32.9 Å². The molecule has 102 valence electrons. The number of anilines is 1. The fourth-order valence-corrected chi connectivity index (χ4v) is 1.60. The number of fused-ring (bicyclic) bond motifs is 1. The van der Waals surface area contributed by atoms with E-state index in [1.165, 1.54) is 0 Å². The summed E-state index contributed by atoms with van der Waals surface area (Å²) < 4.78 is 10.7. The number of hydrogen-bond donors (Lipinski definition) is 2. The Kier molecular flexibility index (Phi) is 3.33. The van der Waals surface area contributed by atoms with Gasteiger partial charge in [0.2, 0.25) is 0 Å². The van der Waals surface area contributed by atoms with E-state index in [9.17, 15) is 4.79 Å². The predicted molar refractivity (Wildman–Crippen MR) is 71.5 cm³/mol. The van der Waals surface area contributed by atoms with E-state index in [1.807, 2.05) is 0 Å². The summed E-state index contributed by atoms with van der Waals surface area (Å²) in [5.41, 5.74) is 5.85. The first-order valence-electron chi connectivity index (χ1n) is 5.95. The maximum Gasteiger partial charge on any atom is 0.408 e. The molecule has 0 spiro atoms. The van der Waals surface area contributed by atoms with Gasteiger partial charge in [0, 0.05) is 6.20 Å². The van der Waals surface area contributed by atoms with E-state index >= 15 is 0 Å². The van der Waals surface area contributed by atoms with Crippen LogP contribution in [0.5, 0.6) is 0 Å². The van der Waals surface area contributed by atoms with Crippen LogP contribution in [0.25, 0.3) is 11.0 Å². The molecule has 0 bridgehead atoms. The summed E-state index contributed by atoms with van der Waals surface area (Å²) in [5.74, 6) is 1.00. The van der Waals surface area contributed by atoms with Crippen molar-refractivity contribution in [3.8, 4) is 0 Å². The normalized spacial score (nSPS) is 11.5. The number of nitrogens with one attached hydrogen (secondary N) is 1. The molecule has 2 aromatic rings. The first-order chi connectivity index (χ1) is 8.85. The lowest BCUT2D eigenvalue weighted by Gasteiger charge is -2.19. The van der Waals surface area contributed by atoms with Crippen LogP contribution < -0.4 is 11.1 Å². The summed E-state index contributed by atoms with van der Waals surface area (Å²) in [6.07, 6.45) is 1.09. The molecule has 0 saturated heterocycles. The number of nitrogens with two attached hydrogens (primary N) is 1. The fraction of sp³-hybridized carbons (Fsp3) is 0.385. The highest BCUT2D eigenvalue weighted by Gasteiger charge is 2.16. The second kappa shape index (κ2) is 4.79. The maximum atomic E-state index is 11.5. The Bertz CT molecular complexity index is 599. The van der Waals surface area contributed by atoms with E-state index in [1.54, 1.807) is 39.1 Å². The van der Waals surface area contributed by atoms with Crippen LogP contribution in [0.2, 0.25) is 0 Å². The van der Waals surface area contributed by atoms with E-state index in [0.29, 0.717) is 17.2 Å². The number of alkyl carbamates (subject to hydrolysis) is 1. The predicted octanol–water partition coefficient (Wildman–Crippen LogP) is 2.43. The highest BCUT2D eigenvalue weighted by atomic mass is 16.6. The average Bonchev–Trinajstić information content (AvgIpc) is 2.68. The Labute approximate surface area is 110 Å². The van der Waals surface area contributed by atoms with Gasteiger partial charge < -0.3 is 20.2 Å². The quantitative estimate of drug-likeness (QED) is 0.868. The molecule has 0 aliphatic carbocycles. The molecule has 2 aromatic heterocycles. The van der Waals surface area contributed by atoms with Gasteiger partial charge in [0.25, 0.3) is 0 Å². The molecule has 19 heavy (non-hydrogen) atoms. The zero-order chi connectivity index (χ0) is 14.0. The molecule has 6 nitrogen and oxygen atoms in total. The number of nitrogens with zero attached hydrogens (tertiary/aromatic N) is 1. The Balaban J connectivity index is 2.02. The van der Waals surface area contributed by atoms with Gasteiger partial charge in [-0.1, -0.05) is 0 Å². The third-order valence-electron chi connectivity index (χ3n) is 2.33. The number of carbonyl (C=O) groups is 1. The van der Waals surface area contributed by atoms with E-state index in [4.69, 9.17) is 14.9 Å². The maximum absolute atomic E-state index is 11.5. The van der Waals surface area contributed by atoms with Gasteiger partial charge in [0.15, 0.2) is 0 Å². The number of amides is 1. The number of rotatable bonds is 2. The minimum absolute atomic E-state index is 0.239. The van der Waals surface area contributed by atoms with Crippen molar-refractivity contribution < 1.29 is 13.9 Å². The number of pyridine rings is 1. The first-order valence-corrected chi connectivity index (χ1v) is 5.95. The summed E-state index contributed by atoms with van der Waals surface area (Å²) in [6.45, 7) is 5.66. The molecule has 0 atom stereocenters. The minimum Gasteiger partial charge on any atom is -0.459 e. The highest BCUT2D eigenvalue weighted by molar-refractivity contribution is 5.87. The molecule has 0 radical (unpaired) electrons. The molecule has 0 aliphatic rings. The van der Waals surface area contributed by atoms with Crippen molar-refractivity contribution in [3.63, 3.8) is 0 Å². The van der Waals surface area contributed by atoms with Crippen LogP contribution in [-0.2, 0) is 11.3 Å². The molecule has 6 heteroatoms. The largest absolute Gasteiger partial charge is 0.459 e. The van der Waals surface area contributed by atoms with Crippen molar-refractivity contribution in [2.24, 2.45) is 0 Å². The lowest BCUT2D eigenvalue weighted by atomic mass is 10.2. The third kappa shape index (κ3) is 3.37. The topological polar surface area (TPSA) is 90.4 Å². The van der Waals surface area contributed by atoms with Gasteiger partial charge in [-0.2, -0.15) is 0 Å². The van der Waals surface area contributed by atoms with Gasteiger partial charge in [-0.3, -0.25) is 0 Å². The Hall–Kier alpha value is -2.24. The lowest BCUT2D eigenvalue weighted by Crippen LogP contribution is -2.32. The van der Waals surface area contributed by atoms with Gasteiger partial charge >= 0.3 is 6.09 Å². The molecule has 1 amide bonds. The van der Waals surface area contributed by atoms with Gasteiger partial charge in [-0.05, 0) is 32.9 Å². The summed E-state index contributed by atoms with van der Waals surface area (Å²) in [5, 5.41) is 3.36. The van der Waals surface area contributed by atoms with E-state index in [2.05, 4.69) is 10.3 Å². The van der Waals surface area contributed by atoms with Gasteiger partial charge in [-0.25, -0.2) is 9.78 Å². The summed E-state index contributed by atoms with van der Waals surface area (Å²) >= 11 is 0. The molecule has 3 N–H and O–H groups in total. The highest BCUT2D eigenvalue weighted by Crippen LogP contribution is 2.22. The molecular weight excluding hydrogens is 246 g/mol. The summed E-state index contributed by atoms with van der Waals surface area (Å²) in [7, 11) is 0. The molecule has 0 saturated carbocycles. The van der Waals surface area contributed by atoms with Crippen LogP contribution in [0, 0.1) is 0 Å². The summed E-state index contributed by atoms with van der Waals surface area (Å²) in [4.78, 5) is 15.5.